The van der Waals surface area contributed by atoms with E-state index >= 15 is 0 Å². The van der Waals surface area contributed by atoms with Gasteiger partial charge in [-0.2, -0.15) is 8.78 Å². The Bertz CT molecular complexity index is 198. The summed E-state index contributed by atoms with van der Waals surface area (Å²) in [6, 6.07) is -0.739. The van der Waals surface area contributed by atoms with Gasteiger partial charge in [-0.3, -0.25) is 4.79 Å². The van der Waals surface area contributed by atoms with Crippen molar-refractivity contribution in [1.29, 1.82) is 0 Å². The molecule has 1 unspecified atom stereocenters. The molecule has 1 atom stereocenters. The molecule has 7 heteroatoms. The van der Waals surface area contributed by atoms with E-state index in [1.807, 2.05) is 0 Å². The third kappa shape index (κ3) is 3.49. The highest BCUT2D eigenvalue weighted by molar-refractivity contribution is 5.84. The molecule has 0 aromatic rings. The van der Waals surface area contributed by atoms with E-state index in [0.717, 1.165) is 0 Å². The van der Waals surface area contributed by atoms with Gasteiger partial charge in [-0.25, -0.2) is 8.78 Å². The molecule has 1 N–H and O–H groups in total. The van der Waals surface area contributed by atoms with E-state index in [9.17, 15) is 22.4 Å². The second-order valence-corrected chi connectivity index (χ2v) is 2.75. The van der Waals surface area contributed by atoms with Crippen LogP contribution in [0.15, 0.2) is 0 Å². The first-order valence-corrected chi connectivity index (χ1v) is 3.78. The number of hydrogen-bond acceptors (Lipinski definition) is 2. The van der Waals surface area contributed by atoms with E-state index in [-0.39, 0.29) is 6.61 Å². The molecule has 0 bridgehead atoms. The van der Waals surface area contributed by atoms with E-state index in [1.54, 1.807) is 5.32 Å². The van der Waals surface area contributed by atoms with E-state index in [4.69, 9.17) is 0 Å². The molecule has 3 nitrogen and oxygen atoms in total. The van der Waals surface area contributed by atoms with Crippen molar-refractivity contribution in [3.8, 4) is 0 Å². The van der Waals surface area contributed by atoms with Crippen molar-refractivity contribution in [2.75, 3.05) is 13.7 Å². The molecule has 0 aliphatic carbocycles. The molecule has 0 aromatic heterocycles. The molecule has 0 heterocycles. The smallest absolute Gasteiger partial charge is 0.383 e. The van der Waals surface area contributed by atoms with Crippen molar-refractivity contribution in [2.24, 2.45) is 0 Å². The number of carbonyl (C=O) groups is 1. The molecule has 0 aliphatic rings. The Morgan fingerprint density at radius 1 is 1.50 bits per heavy atom. The van der Waals surface area contributed by atoms with Gasteiger partial charge in [0, 0.05) is 13.2 Å². The summed E-state index contributed by atoms with van der Waals surface area (Å²) in [5.41, 5.74) is 0. The molecule has 14 heavy (non-hydrogen) atoms. The molecule has 0 aliphatic heterocycles. The maximum atomic E-state index is 12.3. The van der Waals surface area contributed by atoms with Crippen LogP contribution < -0.4 is 5.32 Å². The second-order valence-electron chi connectivity index (χ2n) is 2.75. The van der Waals surface area contributed by atoms with Crippen molar-refractivity contribution in [3.05, 3.63) is 0 Å². The summed E-state index contributed by atoms with van der Waals surface area (Å²) in [6.07, 6.45) is -4.00. The number of carbonyl (C=O) groups excluding carboxylic acids is 1. The molecular formula is C7H11F4NO2. The first-order chi connectivity index (χ1) is 6.32. The number of rotatable bonds is 5. The van der Waals surface area contributed by atoms with Crippen molar-refractivity contribution in [3.63, 3.8) is 0 Å². The van der Waals surface area contributed by atoms with Gasteiger partial charge in [0.05, 0.1) is 6.61 Å². The van der Waals surface area contributed by atoms with Gasteiger partial charge < -0.3 is 10.1 Å². The van der Waals surface area contributed by atoms with Crippen LogP contribution in [0.1, 0.15) is 6.92 Å². The first-order valence-electron chi connectivity index (χ1n) is 3.78. The van der Waals surface area contributed by atoms with Gasteiger partial charge in [-0.05, 0) is 6.92 Å². The van der Waals surface area contributed by atoms with Crippen LogP contribution in [0.3, 0.4) is 0 Å². The molecule has 0 saturated heterocycles. The number of nitrogens with one attached hydrogen (secondary N) is 1. The molecule has 0 saturated carbocycles. The van der Waals surface area contributed by atoms with Gasteiger partial charge in [0.25, 0.3) is 5.91 Å². The van der Waals surface area contributed by atoms with Crippen LogP contribution in [0.2, 0.25) is 0 Å². The van der Waals surface area contributed by atoms with Gasteiger partial charge in [-0.15, -0.1) is 0 Å². The molecule has 0 radical (unpaired) electrons. The Labute approximate surface area is 78.4 Å². The Hall–Kier alpha value is -0.850. The monoisotopic (exact) mass is 217 g/mol. The average molecular weight is 217 g/mol. The summed E-state index contributed by atoms with van der Waals surface area (Å²) in [5, 5.41) is 1.71. The van der Waals surface area contributed by atoms with Gasteiger partial charge >= 0.3 is 12.3 Å². The Balaban J connectivity index is 4.20. The van der Waals surface area contributed by atoms with Gasteiger partial charge in [0.2, 0.25) is 0 Å². The van der Waals surface area contributed by atoms with Crippen LogP contribution in [0.5, 0.6) is 0 Å². The van der Waals surface area contributed by atoms with Crippen molar-refractivity contribution < 1.29 is 27.1 Å². The van der Waals surface area contributed by atoms with Crippen molar-refractivity contribution in [2.45, 2.75) is 25.3 Å². The van der Waals surface area contributed by atoms with E-state index < -0.39 is 24.3 Å². The van der Waals surface area contributed by atoms with Gasteiger partial charge in [0.15, 0.2) is 0 Å². The molecule has 0 spiro atoms. The van der Waals surface area contributed by atoms with Crippen LogP contribution in [0.4, 0.5) is 17.6 Å². The number of amides is 1. The normalized spacial score (nSPS) is 14.2. The third-order valence-corrected chi connectivity index (χ3v) is 1.37. The van der Waals surface area contributed by atoms with E-state index in [2.05, 4.69) is 4.74 Å². The summed E-state index contributed by atoms with van der Waals surface area (Å²) in [4.78, 5) is 10.6. The third-order valence-electron chi connectivity index (χ3n) is 1.37. The zero-order chi connectivity index (χ0) is 11.4. The molecule has 0 aromatic carbocycles. The lowest BCUT2D eigenvalue weighted by atomic mass is 10.3. The van der Waals surface area contributed by atoms with Crippen LogP contribution in [0, 0.1) is 0 Å². The molecule has 1 amide bonds. The van der Waals surface area contributed by atoms with Crippen LogP contribution in [0.25, 0.3) is 0 Å². The number of halogens is 4. The minimum absolute atomic E-state index is 0.0228. The summed E-state index contributed by atoms with van der Waals surface area (Å²) >= 11 is 0. The number of hydrogen-bond donors (Lipinski definition) is 1. The van der Waals surface area contributed by atoms with Crippen LogP contribution in [-0.4, -0.2) is 38.0 Å². The number of ether oxygens (including phenoxy) is 1. The second kappa shape index (κ2) is 5.14. The Morgan fingerprint density at radius 2 is 2.00 bits per heavy atom. The topological polar surface area (TPSA) is 38.3 Å². The largest absolute Gasteiger partial charge is 0.383 e. The highest BCUT2D eigenvalue weighted by Gasteiger charge is 2.49. The molecule has 0 rings (SSSR count). The van der Waals surface area contributed by atoms with Gasteiger partial charge in [0.1, 0.15) is 0 Å². The standard InChI is InChI=1S/C7H11F4NO2/c1-4(3-14-2)12-6(13)7(10,11)5(8)9/h4-5H,3H2,1-2H3,(H,12,13). The lowest BCUT2D eigenvalue weighted by Crippen LogP contribution is -2.49. The number of methoxy groups -OCH3 is 1. The van der Waals surface area contributed by atoms with Crippen molar-refractivity contribution >= 4 is 5.91 Å². The summed E-state index contributed by atoms with van der Waals surface area (Å²) in [6.45, 7) is 1.34. The maximum absolute atomic E-state index is 12.3. The minimum atomic E-state index is -4.65. The predicted octanol–water partition coefficient (Wildman–Crippen LogP) is 1.04. The Morgan fingerprint density at radius 3 is 2.36 bits per heavy atom. The molecule has 84 valence electrons. The Kier molecular flexibility index (Phi) is 4.82. The molecule has 0 fully saturated rings. The SMILES string of the molecule is COCC(C)NC(=O)C(F)(F)C(F)F. The van der Waals surface area contributed by atoms with E-state index in [1.165, 1.54) is 14.0 Å². The zero-order valence-electron chi connectivity index (χ0n) is 7.69. The van der Waals surface area contributed by atoms with Crippen LogP contribution in [-0.2, 0) is 9.53 Å². The summed E-state index contributed by atoms with van der Waals surface area (Å²) < 4.78 is 52.5. The lowest BCUT2D eigenvalue weighted by Gasteiger charge is -2.18. The highest BCUT2D eigenvalue weighted by atomic mass is 19.3. The zero-order valence-corrected chi connectivity index (χ0v) is 7.69. The van der Waals surface area contributed by atoms with Crippen LogP contribution >= 0.6 is 0 Å². The van der Waals surface area contributed by atoms with Crippen molar-refractivity contribution in [1.82, 2.24) is 5.32 Å². The van der Waals surface area contributed by atoms with Gasteiger partial charge in [-0.1, -0.05) is 0 Å². The average Bonchev–Trinajstić information content (AvgIpc) is 2.03. The fraction of sp³-hybridized carbons (Fsp3) is 0.857. The quantitative estimate of drug-likeness (QED) is 0.699. The molecular weight excluding hydrogens is 206 g/mol. The summed E-state index contributed by atoms with van der Waals surface area (Å²) in [7, 11) is 1.30. The fourth-order valence-corrected chi connectivity index (χ4v) is 0.711. The highest BCUT2D eigenvalue weighted by Crippen LogP contribution is 2.22. The fourth-order valence-electron chi connectivity index (χ4n) is 0.711. The first kappa shape index (κ1) is 13.2. The maximum Gasteiger partial charge on any atom is 0.383 e. The lowest BCUT2D eigenvalue weighted by molar-refractivity contribution is -0.170. The van der Waals surface area contributed by atoms with E-state index in [0.29, 0.717) is 0 Å². The predicted molar refractivity (Wildman–Crippen MR) is 40.4 cm³/mol. The minimum Gasteiger partial charge on any atom is -0.383 e. The number of alkyl halides is 4. The summed E-state index contributed by atoms with van der Waals surface area (Å²) in [5.74, 6) is -6.64.